The standard InChI is InChI=1S/C19ClF15S3/c20-19(36-16-10(30)4(24)1(21)5(25)11(16)31,37-17-12(32)6(26)2(22)7(27)13(17)33)38-18-14(34)8(28)3(23)9(29)15(18)35. The van der Waals surface area contributed by atoms with Crippen LogP contribution in [0.2, 0.25) is 0 Å². The first-order chi connectivity index (χ1) is 17.4. The summed E-state index contributed by atoms with van der Waals surface area (Å²) in [4.78, 5) is -6.07. The Hall–Kier alpha value is -2.05. The maximum absolute atomic E-state index is 14.2. The number of rotatable bonds is 6. The molecule has 206 valence electrons. The highest BCUT2D eigenvalue weighted by molar-refractivity contribution is 8.35. The zero-order valence-electron chi connectivity index (χ0n) is 16.8. The lowest BCUT2D eigenvalue weighted by molar-refractivity contribution is 0.360. The second-order valence-electron chi connectivity index (χ2n) is 6.48. The molecule has 3 rings (SSSR count). The summed E-state index contributed by atoms with van der Waals surface area (Å²) in [5.74, 6) is -40.1. The summed E-state index contributed by atoms with van der Waals surface area (Å²) in [7, 11) is 0. The lowest BCUT2D eigenvalue weighted by atomic mass is 10.3. The number of alkyl halides is 1. The number of benzene rings is 3. The molecule has 0 aromatic heterocycles. The molecule has 0 saturated heterocycles. The maximum atomic E-state index is 14.2. The van der Waals surface area contributed by atoms with Gasteiger partial charge in [-0.1, -0.05) is 46.9 Å². The van der Waals surface area contributed by atoms with Gasteiger partial charge < -0.3 is 0 Å². The van der Waals surface area contributed by atoms with E-state index in [9.17, 15) is 65.9 Å². The minimum absolute atomic E-state index is 0.912. The summed E-state index contributed by atoms with van der Waals surface area (Å²) in [5.41, 5.74) is 0. The number of hydrogen-bond donors (Lipinski definition) is 0. The summed E-state index contributed by atoms with van der Waals surface area (Å²) in [6.07, 6.45) is 0. The molecule has 0 atom stereocenters. The molecule has 0 fully saturated rings. The van der Waals surface area contributed by atoms with E-state index < -0.39 is 140 Å². The van der Waals surface area contributed by atoms with Crippen molar-refractivity contribution in [2.45, 2.75) is 17.6 Å². The van der Waals surface area contributed by atoms with E-state index in [-0.39, 0.29) is 0 Å². The van der Waals surface area contributed by atoms with Crippen molar-refractivity contribution in [3.8, 4) is 0 Å². The molecule has 0 saturated carbocycles. The normalized spacial score (nSPS) is 12.0. The summed E-state index contributed by atoms with van der Waals surface area (Å²) in [5, 5.41) is 0. The maximum Gasteiger partial charge on any atom is 0.200 e. The Morgan fingerprint density at radius 3 is 0.579 bits per heavy atom. The topological polar surface area (TPSA) is 0 Å². The number of thioether (sulfide) groups is 3. The van der Waals surface area contributed by atoms with Gasteiger partial charge in [0.05, 0.1) is 14.7 Å². The summed E-state index contributed by atoms with van der Waals surface area (Å²) < 4.78 is 204. The summed E-state index contributed by atoms with van der Waals surface area (Å²) in [6.45, 7) is 0. The van der Waals surface area contributed by atoms with E-state index in [0.29, 0.717) is 0 Å². The Morgan fingerprint density at radius 2 is 0.421 bits per heavy atom. The van der Waals surface area contributed by atoms with Gasteiger partial charge in [-0.25, -0.2) is 65.9 Å². The predicted molar refractivity (Wildman–Crippen MR) is 105 cm³/mol. The molecule has 0 nitrogen and oxygen atoms in total. The van der Waals surface area contributed by atoms with Gasteiger partial charge in [0.25, 0.3) is 0 Å². The molecule has 0 bridgehead atoms. The van der Waals surface area contributed by atoms with Gasteiger partial charge in [-0.05, 0) is 0 Å². The van der Waals surface area contributed by atoms with Crippen molar-refractivity contribution in [1.29, 1.82) is 0 Å². The average Bonchev–Trinajstić information content (AvgIpc) is 2.89. The highest BCUT2D eigenvalue weighted by Crippen LogP contribution is 2.61. The van der Waals surface area contributed by atoms with Gasteiger partial charge in [-0.2, -0.15) is 0 Å². The van der Waals surface area contributed by atoms with E-state index in [1.54, 1.807) is 0 Å². The molecule has 0 aliphatic rings. The highest BCUT2D eigenvalue weighted by Gasteiger charge is 2.42. The summed E-state index contributed by atoms with van der Waals surface area (Å²) in [6, 6.07) is 0. The van der Waals surface area contributed by atoms with Gasteiger partial charge in [-0.3, -0.25) is 0 Å². The largest absolute Gasteiger partial charge is 0.202 e. The van der Waals surface area contributed by atoms with Crippen molar-refractivity contribution in [3.05, 3.63) is 87.3 Å². The van der Waals surface area contributed by atoms with Crippen LogP contribution < -0.4 is 0 Å². The van der Waals surface area contributed by atoms with Gasteiger partial charge in [0.15, 0.2) is 72.7 Å². The second-order valence-corrected chi connectivity index (χ2v) is 12.2. The van der Waals surface area contributed by atoms with Gasteiger partial charge in [0.1, 0.15) is 0 Å². The first-order valence-corrected chi connectivity index (χ1v) is 11.6. The van der Waals surface area contributed by atoms with Crippen LogP contribution in [-0.2, 0) is 0 Å². The van der Waals surface area contributed by atoms with Crippen LogP contribution in [0.5, 0.6) is 0 Å². The molecule has 0 heterocycles. The quantitative estimate of drug-likeness (QED) is 0.0656. The fourth-order valence-corrected chi connectivity index (χ4v) is 6.95. The molecule has 19 heteroatoms. The van der Waals surface area contributed by atoms with Gasteiger partial charge >= 0.3 is 0 Å². The van der Waals surface area contributed by atoms with E-state index in [1.165, 1.54) is 0 Å². The van der Waals surface area contributed by atoms with E-state index in [1.807, 2.05) is 0 Å². The summed E-state index contributed by atoms with van der Waals surface area (Å²) >= 11 is 3.15. The van der Waals surface area contributed by atoms with Crippen LogP contribution in [0.3, 0.4) is 0 Å². The number of halogens is 16. The van der Waals surface area contributed by atoms with Crippen molar-refractivity contribution in [2.75, 3.05) is 0 Å². The van der Waals surface area contributed by atoms with Crippen LogP contribution in [0.1, 0.15) is 0 Å². The van der Waals surface area contributed by atoms with Crippen LogP contribution in [0, 0.1) is 87.3 Å². The Kier molecular flexibility index (Phi) is 8.70. The molecule has 0 unspecified atom stereocenters. The zero-order chi connectivity index (χ0) is 29.0. The van der Waals surface area contributed by atoms with E-state index >= 15 is 0 Å². The van der Waals surface area contributed by atoms with Gasteiger partial charge in [0, 0.05) is 0 Å². The third-order valence-electron chi connectivity index (χ3n) is 4.18. The van der Waals surface area contributed by atoms with Crippen LogP contribution in [0.15, 0.2) is 14.7 Å². The zero-order valence-corrected chi connectivity index (χ0v) is 20.0. The van der Waals surface area contributed by atoms with Crippen molar-refractivity contribution in [1.82, 2.24) is 0 Å². The second kappa shape index (κ2) is 10.8. The third-order valence-corrected chi connectivity index (χ3v) is 8.79. The lowest BCUT2D eigenvalue weighted by Crippen LogP contribution is -2.14. The molecule has 0 radical (unpaired) electrons. The Bertz CT molecular complexity index is 1220. The number of hydrogen-bond acceptors (Lipinski definition) is 3. The van der Waals surface area contributed by atoms with E-state index in [2.05, 4.69) is 0 Å². The molecule has 38 heavy (non-hydrogen) atoms. The fourth-order valence-electron chi connectivity index (χ4n) is 2.45. The van der Waals surface area contributed by atoms with Crippen LogP contribution >= 0.6 is 46.9 Å². The molecule has 0 spiro atoms. The first-order valence-electron chi connectivity index (χ1n) is 8.75. The predicted octanol–water partition coefficient (Wildman–Crippen LogP) is 9.30. The SMILES string of the molecule is Fc1c(F)c(F)c(SC(Cl)(Sc2c(F)c(F)c(F)c(F)c2F)Sc2c(F)c(F)c(F)c(F)c2F)c(F)c1F. The smallest absolute Gasteiger partial charge is 0.200 e. The Balaban J connectivity index is 2.30. The van der Waals surface area contributed by atoms with Gasteiger partial charge in [0.2, 0.25) is 17.5 Å². The molecule has 0 N–H and O–H groups in total. The van der Waals surface area contributed by atoms with Crippen LogP contribution in [0.25, 0.3) is 0 Å². The lowest BCUT2D eigenvalue weighted by Gasteiger charge is -2.27. The molecular weight excluding hydrogens is 645 g/mol. The van der Waals surface area contributed by atoms with Crippen LogP contribution in [0.4, 0.5) is 65.9 Å². The van der Waals surface area contributed by atoms with Crippen molar-refractivity contribution in [2.24, 2.45) is 0 Å². The Labute approximate surface area is 217 Å². The molecule has 0 aliphatic carbocycles. The van der Waals surface area contributed by atoms with Crippen molar-refractivity contribution in [3.63, 3.8) is 0 Å². The molecule has 3 aromatic rings. The van der Waals surface area contributed by atoms with Gasteiger partial charge in [-0.15, -0.1) is 0 Å². The Morgan fingerprint density at radius 1 is 0.289 bits per heavy atom. The minimum atomic E-state index is -3.49. The van der Waals surface area contributed by atoms with Crippen LogP contribution in [-0.4, -0.2) is 2.87 Å². The highest BCUT2D eigenvalue weighted by atomic mass is 35.5. The molecule has 0 aliphatic heterocycles. The van der Waals surface area contributed by atoms with E-state index in [0.717, 1.165) is 0 Å². The van der Waals surface area contributed by atoms with Crippen molar-refractivity contribution < 1.29 is 65.9 Å². The molecular formula is C19ClF15S3. The van der Waals surface area contributed by atoms with Crippen molar-refractivity contribution >= 4 is 46.9 Å². The molecule has 3 aromatic carbocycles. The van der Waals surface area contributed by atoms with E-state index in [4.69, 9.17) is 11.6 Å². The fraction of sp³-hybridized carbons (Fsp3) is 0.0526. The third kappa shape index (κ3) is 5.11. The molecule has 0 amide bonds. The minimum Gasteiger partial charge on any atom is -0.202 e. The average molecular weight is 645 g/mol. The monoisotopic (exact) mass is 644 g/mol. The first kappa shape index (κ1) is 30.5.